The lowest BCUT2D eigenvalue weighted by molar-refractivity contribution is -0.144. The van der Waals surface area contributed by atoms with E-state index in [0.29, 0.717) is 0 Å². The van der Waals surface area contributed by atoms with E-state index in [2.05, 4.69) is 15.4 Å². The monoisotopic (exact) mass is 295 g/mol. The summed E-state index contributed by atoms with van der Waals surface area (Å²) < 4.78 is 38.0. The third-order valence-corrected chi connectivity index (χ3v) is 3.36. The van der Waals surface area contributed by atoms with Gasteiger partial charge in [0.2, 0.25) is 5.82 Å². The van der Waals surface area contributed by atoms with Gasteiger partial charge in [-0.25, -0.2) is 15.8 Å². The molecule has 0 spiro atoms. The summed E-state index contributed by atoms with van der Waals surface area (Å²) in [4.78, 5) is 8.51. The molecule has 1 rings (SSSR count). The Morgan fingerprint density at radius 1 is 1.47 bits per heavy atom. The standard InChI is InChI=1S/C10H16F3N5S/c1-6(5-19-3)18(2)8-4-7(17-14)15-9(16-8)10(11,12)13/h4,6H,5,14H2,1-3H3,(H,15,16,17). The van der Waals surface area contributed by atoms with E-state index in [1.807, 2.05) is 13.2 Å². The lowest BCUT2D eigenvalue weighted by atomic mass is 10.3. The fourth-order valence-electron chi connectivity index (χ4n) is 1.39. The summed E-state index contributed by atoms with van der Waals surface area (Å²) in [5, 5.41) is 0. The van der Waals surface area contributed by atoms with Crippen LogP contribution in [0.4, 0.5) is 24.8 Å². The number of thioether (sulfide) groups is 1. The summed E-state index contributed by atoms with van der Waals surface area (Å²) in [7, 11) is 1.68. The van der Waals surface area contributed by atoms with E-state index in [0.717, 1.165) is 5.75 Å². The van der Waals surface area contributed by atoms with Crippen LogP contribution in [0.25, 0.3) is 0 Å². The second-order valence-corrected chi connectivity index (χ2v) is 4.90. The molecule has 1 aromatic heterocycles. The van der Waals surface area contributed by atoms with Crippen LogP contribution in [0.1, 0.15) is 12.7 Å². The summed E-state index contributed by atoms with van der Waals surface area (Å²) >= 11 is 1.60. The lowest BCUT2D eigenvalue weighted by Gasteiger charge is -2.26. The highest BCUT2D eigenvalue weighted by atomic mass is 32.2. The predicted octanol–water partition coefficient (Wildman–Crippen LogP) is 1.97. The molecule has 19 heavy (non-hydrogen) atoms. The van der Waals surface area contributed by atoms with Crippen molar-refractivity contribution >= 4 is 23.4 Å². The van der Waals surface area contributed by atoms with Crippen LogP contribution >= 0.6 is 11.8 Å². The van der Waals surface area contributed by atoms with Gasteiger partial charge in [0.15, 0.2) is 0 Å². The second kappa shape index (κ2) is 6.29. The maximum absolute atomic E-state index is 12.7. The molecule has 0 saturated carbocycles. The zero-order valence-electron chi connectivity index (χ0n) is 10.8. The molecule has 1 unspecified atom stereocenters. The molecular weight excluding hydrogens is 279 g/mol. The molecule has 0 radical (unpaired) electrons. The largest absolute Gasteiger partial charge is 0.451 e. The summed E-state index contributed by atoms with van der Waals surface area (Å²) in [6, 6.07) is 1.42. The Morgan fingerprint density at radius 2 is 2.11 bits per heavy atom. The molecule has 1 heterocycles. The molecule has 1 aromatic rings. The van der Waals surface area contributed by atoms with Gasteiger partial charge < -0.3 is 10.3 Å². The first-order valence-corrected chi connectivity index (χ1v) is 6.83. The highest BCUT2D eigenvalue weighted by Crippen LogP contribution is 2.29. The normalized spacial score (nSPS) is 13.2. The third-order valence-electron chi connectivity index (χ3n) is 2.54. The van der Waals surface area contributed by atoms with Crippen molar-refractivity contribution in [2.45, 2.75) is 19.1 Å². The van der Waals surface area contributed by atoms with Gasteiger partial charge in [-0.05, 0) is 13.2 Å². The van der Waals surface area contributed by atoms with Crippen LogP contribution in [-0.4, -0.2) is 35.1 Å². The Labute approximate surface area is 113 Å². The van der Waals surface area contributed by atoms with E-state index >= 15 is 0 Å². The molecule has 0 aliphatic heterocycles. The number of nitrogens with zero attached hydrogens (tertiary/aromatic N) is 3. The number of nitrogens with one attached hydrogen (secondary N) is 1. The molecule has 0 aliphatic carbocycles. The van der Waals surface area contributed by atoms with Crippen LogP contribution in [0.5, 0.6) is 0 Å². The maximum atomic E-state index is 12.7. The van der Waals surface area contributed by atoms with E-state index in [9.17, 15) is 13.2 Å². The van der Waals surface area contributed by atoms with Crippen LogP contribution in [0.15, 0.2) is 6.07 Å². The van der Waals surface area contributed by atoms with E-state index in [1.165, 1.54) is 6.07 Å². The molecule has 0 aliphatic rings. The van der Waals surface area contributed by atoms with Crippen molar-refractivity contribution < 1.29 is 13.2 Å². The number of rotatable bonds is 5. The number of hydrogen-bond donors (Lipinski definition) is 2. The first kappa shape index (κ1) is 15.8. The van der Waals surface area contributed by atoms with E-state index in [4.69, 9.17) is 5.84 Å². The quantitative estimate of drug-likeness (QED) is 0.639. The van der Waals surface area contributed by atoms with E-state index in [-0.39, 0.29) is 17.7 Å². The minimum Gasteiger partial charge on any atom is -0.356 e. The van der Waals surface area contributed by atoms with Crippen molar-refractivity contribution in [1.29, 1.82) is 0 Å². The van der Waals surface area contributed by atoms with Crippen molar-refractivity contribution in [2.24, 2.45) is 5.84 Å². The zero-order valence-corrected chi connectivity index (χ0v) is 11.6. The van der Waals surface area contributed by atoms with Gasteiger partial charge in [0.1, 0.15) is 11.6 Å². The summed E-state index contributed by atoms with van der Waals surface area (Å²) in [6.07, 6.45) is -2.68. The molecule has 3 N–H and O–H groups in total. The highest BCUT2D eigenvalue weighted by molar-refractivity contribution is 7.98. The average Bonchev–Trinajstić information content (AvgIpc) is 2.36. The number of nitrogens with two attached hydrogens (primary N) is 1. The number of nitrogen functional groups attached to an aromatic ring is 1. The lowest BCUT2D eigenvalue weighted by Crippen LogP contribution is -2.32. The van der Waals surface area contributed by atoms with Gasteiger partial charge in [0.25, 0.3) is 0 Å². The van der Waals surface area contributed by atoms with Gasteiger partial charge in [0, 0.05) is 24.9 Å². The molecule has 0 bridgehead atoms. The van der Waals surface area contributed by atoms with Crippen molar-refractivity contribution in [3.63, 3.8) is 0 Å². The van der Waals surface area contributed by atoms with E-state index < -0.39 is 12.0 Å². The van der Waals surface area contributed by atoms with Crippen LogP contribution in [0, 0.1) is 0 Å². The SMILES string of the molecule is CSCC(C)N(C)c1cc(NN)nc(C(F)(F)F)n1. The smallest absolute Gasteiger partial charge is 0.356 e. The van der Waals surface area contributed by atoms with Crippen LogP contribution < -0.4 is 16.2 Å². The van der Waals surface area contributed by atoms with Gasteiger partial charge in [-0.15, -0.1) is 0 Å². The number of halogens is 3. The molecule has 0 amide bonds. The Bertz CT molecular complexity index is 426. The maximum Gasteiger partial charge on any atom is 0.451 e. The van der Waals surface area contributed by atoms with Gasteiger partial charge in [-0.2, -0.15) is 24.9 Å². The topological polar surface area (TPSA) is 67.1 Å². The molecule has 0 saturated heterocycles. The summed E-state index contributed by atoms with van der Waals surface area (Å²) in [6.45, 7) is 1.90. The molecular formula is C10H16F3N5S. The van der Waals surface area contributed by atoms with E-state index in [1.54, 1.807) is 23.7 Å². The fraction of sp³-hybridized carbons (Fsp3) is 0.600. The minimum absolute atomic E-state index is 0.0385. The number of hydrazine groups is 1. The Balaban J connectivity index is 3.13. The molecule has 1 atom stereocenters. The molecule has 108 valence electrons. The highest BCUT2D eigenvalue weighted by Gasteiger charge is 2.35. The molecule has 5 nitrogen and oxygen atoms in total. The first-order valence-electron chi connectivity index (χ1n) is 5.44. The Morgan fingerprint density at radius 3 is 2.58 bits per heavy atom. The van der Waals surface area contributed by atoms with Crippen LogP contribution in [-0.2, 0) is 6.18 Å². The second-order valence-electron chi connectivity index (χ2n) is 3.99. The van der Waals surface area contributed by atoms with Crippen molar-refractivity contribution in [1.82, 2.24) is 9.97 Å². The summed E-state index contributed by atoms with van der Waals surface area (Å²) in [5.41, 5.74) is 2.12. The number of aromatic nitrogens is 2. The van der Waals surface area contributed by atoms with Crippen LogP contribution in [0.2, 0.25) is 0 Å². The number of anilines is 2. The third kappa shape index (κ3) is 4.13. The van der Waals surface area contributed by atoms with Crippen molar-refractivity contribution in [3.05, 3.63) is 11.9 Å². The van der Waals surface area contributed by atoms with Crippen LogP contribution in [0.3, 0.4) is 0 Å². The minimum atomic E-state index is -4.61. The van der Waals surface area contributed by atoms with Gasteiger partial charge in [-0.3, -0.25) is 0 Å². The zero-order chi connectivity index (χ0) is 14.6. The number of alkyl halides is 3. The molecule has 9 heteroatoms. The molecule has 0 aromatic carbocycles. The predicted molar refractivity (Wildman–Crippen MR) is 71.1 cm³/mol. The summed E-state index contributed by atoms with van der Waals surface area (Å²) in [5.74, 6) is 4.81. The molecule has 0 fully saturated rings. The first-order chi connectivity index (χ1) is 8.79. The van der Waals surface area contributed by atoms with Gasteiger partial charge in [-0.1, -0.05) is 0 Å². The Hall–Kier alpha value is -1.22. The van der Waals surface area contributed by atoms with Gasteiger partial charge in [0.05, 0.1) is 0 Å². The number of hydrogen-bond acceptors (Lipinski definition) is 6. The average molecular weight is 295 g/mol. The Kier molecular flexibility index (Phi) is 5.24. The fourth-order valence-corrected chi connectivity index (χ4v) is 2.10. The van der Waals surface area contributed by atoms with Crippen molar-refractivity contribution in [2.75, 3.05) is 29.4 Å². The van der Waals surface area contributed by atoms with Crippen molar-refractivity contribution in [3.8, 4) is 0 Å². The van der Waals surface area contributed by atoms with Gasteiger partial charge >= 0.3 is 6.18 Å².